The zero-order valence-corrected chi connectivity index (χ0v) is 14.8. The summed E-state index contributed by atoms with van der Waals surface area (Å²) in [7, 11) is 0. The molecule has 130 valence electrons. The van der Waals surface area contributed by atoms with E-state index in [1.54, 1.807) is 0 Å². The fourth-order valence-corrected chi connectivity index (χ4v) is 3.83. The monoisotopic (exact) mass is 348 g/mol. The molecule has 0 N–H and O–H groups in total. The Morgan fingerprint density at radius 2 is 2.12 bits per heavy atom. The van der Waals surface area contributed by atoms with Crippen molar-refractivity contribution in [2.24, 2.45) is 5.41 Å². The van der Waals surface area contributed by atoms with Gasteiger partial charge in [-0.05, 0) is 49.9 Å². The number of morpholine rings is 1. The van der Waals surface area contributed by atoms with Crippen molar-refractivity contribution >= 4 is 11.6 Å². The summed E-state index contributed by atoms with van der Waals surface area (Å²) in [6.45, 7) is 5.06. The standard InChI is InChI=1S/C19H25ClN2O2/c20-17-4-1-3-16(13-17)18-14-22(9-12-24-18)8-2-5-19(15-21)6-10-23-11-7-19/h1,3-4,13,18H,2,5-12,14H2/t18-/m1/s1. The number of benzene rings is 1. The average Bonchev–Trinajstić information content (AvgIpc) is 2.63. The first-order chi connectivity index (χ1) is 11.7. The van der Waals surface area contributed by atoms with Crippen molar-refractivity contribution in [3.05, 3.63) is 34.9 Å². The van der Waals surface area contributed by atoms with Crippen LogP contribution in [-0.4, -0.2) is 44.4 Å². The van der Waals surface area contributed by atoms with Gasteiger partial charge < -0.3 is 9.47 Å². The van der Waals surface area contributed by atoms with Gasteiger partial charge in [-0.3, -0.25) is 4.90 Å². The van der Waals surface area contributed by atoms with Crippen molar-refractivity contribution in [1.82, 2.24) is 4.90 Å². The Balaban J connectivity index is 1.50. The molecule has 0 saturated carbocycles. The second-order valence-corrected chi connectivity index (χ2v) is 7.26. The molecule has 3 rings (SSSR count). The maximum atomic E-state index is 9.54. The Hall–Kier alpha value is -1.12. The van der Waals surface area contributed by atoms with Gasteiger partial charge in [0.25, 0.3) is 0 Å². The molecule has 2 fully saturated rings. The predicted molar refractivity (Wildman–Crippen MR) is 93.9 cm³/mol. The number of rotatable bonds is 5. The minimum Gasteiger partial charge on any atom is -0.381 e. The maximum absolute atomic E-state index is 9.54. The van der Waals surface area contributed by atoms with E-state index >= 15 is 0 Å². The van der Waals surface area contributed by atoms with Gasteiger partial charge in [0.05, 0.1) is 24.2 Å². The largest absolute Gasteiger partial charge is 0.381 e. The summed E-state index contributed by atoms with van der Waals surface area (Å²) in [5, 5.41) is 10.3. The Bertz CT molecular complexity index is 581. The highest BCUT2D eigenvalue weighted by Crippen LogP contribution is 2.35. The normalized spacial score (nSPS) is 24.4. The summed E-state index contributed by atoms with van der Waals surface area (Å²) in [6, 6.07) is 10.5. The summed E-state index contributed by atoms with van der Waals surface area (Å²) in [6.07, 6.45) is 3.85. The fourth-order valence-electron chi connectivity index (χ4n) is 3.64. The summed E-state index contributed by atoms with van der Waals surface area (Å²) < 4.78 is 11.3. The molecule has 0 unspecified atom stereocenters. The molecule has 0 aromatic heterocycles. The Kier molecular flexibility index (Phi) is 6.13. The molecule has 1 aromatic rings. The van der Waals surface area contributed by atoms with Gasteiger partial charge >= 0.3 is 0 Å². The lowest BCUT2D eigenvalue weighted by Gasteiger charge is -2.35. The molecule has 0 amide bonds. The smallest absolute Gasteiger partial charge is 0.0952 e. The number of hydrogen-bond acceptors (Lipinski definition) is 4. The molecule has 1 aromatic carbocycles. The van der Waals surface area contributed by atoms with Crippen LogP contribution in [0.2, 0.25) is 5.02 Å². The van der Waals surface area contributed by atoms with Crippen LogP contribution in [0, 0.1) is 16.7 Å². The van der Waals surface area contributed by atoms with Crippen molar-refractivity contribution in [1.29, 1.82) is 5.26 Å². The lowest BCUT2D eigenvalue weighted by molar-refractivity contribution is -0.0318. The van der Waals surface area contributed by atoms with Gasteiger partial charge in [-0.15, -0.1) is 0 Å². The molecule has 2 aliphatic heterocycles. The van der Waals surface area contributed by atoms with Crippen LogP contribution >= 0.6 is 11.6 Å². The van der Waals surface area contributed by atoms with Crippen molar-refractivity contribution in [2.75, 3.05) is 39.5 Å². The third kappa shape index (κ3) is 4.49. The SMILES string of the molecule is N#CC1(CCCN2CCO[C@@H](c3cccc(Cl)c3)C2)CCOCC1. The van der Waals surface area contributed by atoms with Crippen molar-refractivity contribution in [2.45, 2.75) is 31.8 Å². The summed E-state index contributed by atoms with van der Waals surface area (Å²) in [5.41, 5.74) is 0.974. The Morgan fingerprint density at radius 3 is 2.88 bits per heavy atom. The molecule has 24 heavy (non-hydrogen) atoms. The predicted octanol–water partition coefficient (Wildman–Crippen LogP) is 3.81. The molecule has 2 saturated heterocycles. The van der Waals surface area contributed by atoms with E-state index < -0.39 is 0 Å². The molecule has 5 heteroatoms. The van der Waals surface area contributed by atoms with Crippen LogP contribution in [0.25, 0.3) is 0 Å². The zero-order chi connectivity index (χ0) is 16.8. The first-order valence-corrected chi connectivity index (χ1v) is 9.17. The molecule has 4 nitrogen and oxygen atoms in total. The highest BCUT2D eigenvalue weighted by atomic mass is 35.5. The van der Waals surface area contributed by atoms with Gasteiger partial charge in [0.1, 0.15) is 0 Å². The van der Waals surface area contributed by atoms with Crippen LogP contribution < -0.4 is 0 Å². The number of nitrogens with zero attached hydrogens (tertiary/aromatic N) is 2. The number of hydrogen-bond donors (Lipinski definition) is 0. The zero-order valence-electron chi connectivity index (χ0n) is 14.0. The maximum Gasteiger partial charge on any atom is 0.0952 e. The molecule has 0 bridgehead atoms. The molecule has 2 heterocycles. The van der Waals surface area contributed by atoms with Crippen LogP contribution in [0.4, 0.5) is 0 Å². The third-order valence-corrected chi connectivity index (χ3v) is 5.42. The molecule has 0 spiro atoms. The summed E-state index contributed by atoms with van der Waals surface area (Å²) >= 11 is 6.09. The van der Waals surface area contributed by atoms with E-state index in [1.165, 1.54) is 0 Å². The second-order valence-electron chi connectivity index (χ2n) is 6.82. The minimum atomic E-state index is -0.170. The summed E-state index contributed by atoms with van der Waals surface area (Å²) in [5.74, 6) is 0. The van der Waals surface area contributed by atoms with Crippen molar-refractivity contribution < 1.29 is 9.47 Å². The Labute approximate surface area is 149 Å². The van der Waals surface area contributed by atoms with Crippen LogP contribution in [0.15, 0.2) is 24.3 Å². The molecule has 2 aliphatic rings. The van der Waals surface area contributed by atoms with E-state index in [9.17, 15) is 5.26 Å². The van der Waals surface area contributed by atoms with E-state index in [1.807, 2.05) is 18.2 Å². The van der Waals surface area contributed by atoms with Gasteiger partial charge in [-0.1, -0.05) is 23.7 Å². The summed E-state index contributed by atoms with van der Waals surface area (Å²) in [4.78, 5) is 2.44. The lowest BCUT2D eigenvalue weighted by Crippen LogP contribution is -2.39. The number of nitriles is 1. The minimum absolute atomic E-state index is 0.0884. The molecule has 0 aliphatic carbocycles. The van der Waals surface area contributed by atoms with Gasteiger partial charge in [0.15, 0.2) is 0 Å². The van der Waals surface area contributed by atoms with Gasteiger partial charge in [0, 0.05) is 31.3 Å². The molecular weight excluding hydrogens is 324 g/mol. The van der Waals surface area contributed by atoms with Crippen molar-refractivity contribution in [3.8, 4) is 6.07 Å². The first-order valence-electron chi connectivity index (χ1n) is 8.79. The molecule has 0 radical (unpaired) electrons. The second kappa shape index (κ2) is 8.31. The topological polar surface area (TPSA) is 45.5 Å². The third-order valence-electron chi connectivity index (χ3n) is 5.19. The fraction of sp³-hybridized carbons (Fsp3) is 0.632. The van der Waals surface area contributed by atoms with E-state index in [0.717, 1.165) is 75.7 Å². The van der Waals surface area contributed by atoms with E-state index in [4.69, 9.17) is 21.1 Å². The van der Waals surface area contributed by atoms with Crippen LogP contribution in [0.3, 0.4) is 0 Å². The van der Waals surface area contributed by atoms with E-state index in [2.05, 4.69) is 17.0 Å². The first kappa shape index (κ1) is 17.7. The highest BCUT2D eigenvalue weighted by Gasteiger charge is 2.32. The number of ether oxygens (including phenoxy) is 2. The van der Waals surface area contributed by atoms with Gasteiger partial charge in [-0.2, -0.15) is 5.26 Å². The van der Waals surface area contributed by atoms with Crippen LogP contribution in [0.5, 0.6) is 0 Å². The number of halogens is 1. The van der Waals surface area contributed by atoms with Crippen molar-refractivity contribution in [3.63, 3.8) is 0 Å². The highest BCUT2D eigenvalue weighted by molar-refractivity contribution is 6.30. The molecular formula is C19H25ClN2O2. The van der Waals surface area contributed by atoms with Gasteiger partial charge in [0.2, 0.25) is 0 Å². The van der Waals surface area contributed by atoms with Crippen LogP contribution in [-0.2, 0) is 9.47 Å². The quantitative estimate of drug-likeness (QED) is 0.811. The van der Waals surface area contributed by atoms with E-state index in [0.29, 0.717) is 0 Å². The molecule has 1 atom stereocenters. The van der Waals surface area contributed by atoms with Gasteiger partial charge in [-0.25, -0.2) is 0 Å². The average molecular weight is 349 g/mol. The van der Waals surface area contributed by atoms with Crippen LogP contribution in [0.1, 0.15) is 37.4 Å². The lowest BCUT2D eigenvalue weighted by atomic mass is 9.78. The Morgan fingerprint density at radius 1 is 1.29 bits per heavy atom. The van der Waals surface area contributed by atoms with E-state index in [-0.39, 0.29) is 11.5 Å².